The first-order valence-corrected chi connectivity index (χ1v) is 38.1. The summed E-state index contributed by atoms with van der Waals surface area (Å²) >= 11 is 0. The average Bonchev–Trinajstić information content (AvgIpc) is 1.65. The van der Waals surface area contributed by atoms with Gasteiger partial charge in [-0.3, -0.25) is 0 Å². The van der Waals surface area contributed by atoms with E-state index in [1.54, 1.807) is 100 Å². The molecule has 0 saturated heterocycles. The number of benzene rings is 6. The van der Waals surface area contributed by atoms with E-state index < -0.39 is 99.8 Å². The third-order valence-corrected chi connectivity index (χ3v) is 26.8. The Balaban J connectivity index is 1.14. The molecule has 0 atom stereocenters. The molecule has 0 amide bonds. The molecule has 1 N–H and O–H groups in total. The van der Waals surface area contributed by atoms with Crippen LogP contribution in [0.4, 0.5) is 0 Å². The van der Waals surface area contributed by atoms with Crippen LogP contribution in [-0.2, 0) is 64.8 Å². The third-order valence-electron chi connectivity index (χ3n) is 15.3. The molecule has 6 aromatic rings. The minimum absolute atomic E-state index is 0.00346. The molecule has 0 radical (unpaired) electrons. The third kappa shape index (κ3) is 19.6. The fourth-order valence-electron chi connectivity index (χ4n) is 9.79. The normalized spacial score (nSPS) is 12.9. The van der Waals surface area contributed by atoms with Crippen LogP contribution < -0.4 is 0 Å². The number of aryl methyl sites for hydroxylation is 6. The van der Waals surface area contributed by atoms with Gasteiger partial charge in [-0.25, -0.2) is 29.5 Å². The summed E-state index contributed by atoms with van der Waals surface area (Å²) in [6, 6.07) is 36.8. The topological polar surface area (TPSA) is 262 Å². The Hall–Kier alpha value is -5.33. The quantitative estimate of drug-likeness (QED) is 0.0288. The number of rotatable bonds is 37. The van der Waals surface area contributed by atoms with Crippen LogP contribution in [0.2, 0.25) is 6.82 Å². The Labute approximate surface area is 530 Å². The Kier molecular flexibility index (Phi) is 26.4. The van der Waals surface area contributed by atoms with Crippen LogP contribution in [0.5, 0.6) is 0 Å². The molecule has 6 rings (SSSR count). The van der Waals surface area contributed by atoms with Crippen molar-refractivity contribution in [2.45, 2.75) is 123 Å². The van der Waals surface area contributed by atoms with Crippen LogP contribution in [0.15, 0.2) is 175 Å². The molecule has 0 heterocycles. The zero-order valence-electron chi connectivity index (χ0n) is 51.6. The summed E-state index contributed by atoms with van der Waals surface area (Å²) < 4.78 is 189. The van der Waals surface area contributed by atoms with Crippen molar-refractivity contribution in [3.63, 3.8) is 0 Å². The van der Waals surface area contributed by atoms with Crippen molar-refractivity contribution in [2.75, 3.05) is 71.9 Å². The second-order valence-electron chi connectivity index (χ2n) is 22.2. The fraction of sp³-hybridized carbons (Fsp3) is 0.410. The van der Waals surface area contributed by atoms with E-state index in [0.29, 0.717) is 52.1 Å². The summed E-state index contributed by atoms with van der Waals surface area (Å²) in [5, 5.41) is 10.8. The molecule has 0 fully saturated rings. The van der Waals surface area contributed by atoms with Crippen LogP contribution in [0.1, 0.15) is 78.3 Å². The zero-order valence-corrected chi connectivity index (χ0v) is 56.5. The Bertz CT molecular complexity index is 3990. The summed E-state index contributed by atoms with van der Waals surface area (Å²) in [4.78, 5) is -0.339. The van der Waals surface area contributed by atoms with E-state index in [4.69, 9.17) is 0 Å². The van der Waals surface area contributed by atoms with E-state index in [1.807, 2.05) is 13.8 Å². The maximum absolute atomic E-state index is 14.5. The van der Waals surface area contributed by atoms with Crippen molar-refractivity contribution < 1.29 is 60.2 Å². The molecule has 0 bridgehead atoms. The van der Waals surface area contributed by atoms with Crippen LogP contribution >= 0.6 is 0 Å². The molecule has 0 unspecified atom stereocenters. The van der Waals surface area contributed by atoms with E-state index in [0.717, 1.165) is 50.5 Å². The summed E-state index contributed by atoms with van der Waals surface area (Å²) in [6.07, 6.45) is 3.37. The minimum atomic E-state index is -4.37. The number of hydrogen-bond acceptors (Lipinski definition) is 14. The monoisotopic (exact) mass is 1340 g/mol. The summed E-state index contributed by atoms with van der Waals surface area (Å²) in [7, 11) is -26.9. The number of sulfonamides is 6. The first kappa shape index (κ1) is 72.7. The van der Waals surface area contributed by atoms with Gasteiger partial charge in [0.05, 0.1) is 14.7 Å². The van der Waals surface area contributed by atoms with Gasteiger partial charge in [-0.15, -0.1) is 0 Å². The van der Waals surface area contributed by atoms with Gasteiger partial charge in [0.15, 0.2) is 0 Å². The molecule has 0 saturated carbocycles. The number of nitrogens with zero attached hydrogens (tertiary/aromatic N) is 6. The van der Waals surface area contributed by atoms with Gasteiger partial charge < -0.3 is 5.02 Å². The second-order valence-corrected chi connectivity index (χ2v) is 33.8. The molecule has 89 heavy (non-hydrogen) atoms. The second kappa shape index (κ2) is 32.3. The van der Waals surface area contributed by atoms with Gasteiger partial charge >= 0.3 is 258 Å². The molecule has 28 heteroatoms. The van der Waals surface area contributed by atoms with Crippen LogP contribution in [0.25, 0.3) is 0 Å². The van der Waals surface area contributed by atoms with Gasteiger partial charge in [-0.2, -0.15) is 8.61 Å². The Morgan fingerprint density at radius 3 is 0.719 bits per heavy atom. The first-order valence-electron chi connectivity index (χ1n) is 29.5. The predicted molar refractivity (Wildman–Crippen MR) is 347 cm³/mol. The smallest absolute Gasteiger partial charge is 0.208 e. The number of hydrogen-bond donors (Lipinski definition) is 1. The van der Waals surface area contributed by atoms with E-state index in [1.165, 1.54) is 88.2 Å². The van der Waals surface area contributed by atoms with Crippen molar-refractivity contribution in [1.82, 2.24) is 25.7 Å². The van der Waals surface area contributed by atoms with Crippen LogP contribution in [-0.4, -0.2) is 167 Å². The van der Waals surface area contributed by atoms with Crippen LogP contribution in [0.3, 0.4) is 0 Å². The van der Waals surface area contributed by atoms with E-state index in [9.17, 15) is 60.2 Å². The molecular formula is C61H82B2N6O14S6. The van der Waals surface area contributed by atoms with Crippen molar-refractivity contribution >= 4 is 74.3 Å². The van der Waals surface area contributed by atoms with Crippen molar-refractivity contribution in [2.24, 2.45) is 0 Å². The molecule has 0 aliphatic carbocycles. The maximum atomic E-state index is 14.5. The zero-order chi connectivity index (χ0) is 65.4. The molecule has 0 aromatic heterocycles. The molecule has 0 aliphatic rings. The Morgan fingerprint density at radius 2 is 0.483 bits per heavy atom. The first-order chi connectivity index (χ1) is 41.9. The van der Waals surface area contributed by atoms with E-state index in [-0.39, 0.29) is 68.6 Å². The van der Waals surface area contributed by atoms with Crippen molar-refractivity contribution in [1.29, 1.82) is 0 Å². The summed E-state index contributed by atoms with van der Waals surface area (Å²) in [5.41, 5.74) is 4.85. The standard InChI is InChI=1S/C61H82B2N6O14S6/c1-50-15-27-56(28-16-50)84(72,73)64(41-43-66(86(76,77)58-31-19-52(3)20-32-58)45-46-68(49-62-70)88(80,81)60-35-23-54(5)24-36-60)39-13-11-9-8-10-12-14-40-65(85(74,75)57-29-17-51(2)18-30-57)42-44-67(87(78,79)59-33-21-53(4)22-34-59)47-48-69(63(7)71)89(82,83)61-37-25-55(6)26-38-61/h15-38,71H,8-14,39-49H2,1-7H3. The van der Waals surface area contributed by atoms with E-state index >= 15 is 0 Å². The SMILES string of the molecule is CB(O)N(CCN(CCN(CCCCCCCCCN(CCN(CCN(CB=O)S(=O)(=O)c1ccc(C)cc1)S(=O)(=O)c1ccc(C)cc1)S(=O)(=O)c1ccc(C)cc1)S(=O)(=O)c1ccc(C)cc1)S(=O)(=O)c1ccc(C)cc1)S(=O)(=O)c1ccc(C)cc1. The molecule has 6 aromatic carbocycles. The summed E-state index contributed by atoms with van der Waals surface area (Å²) in [5.74, 6) is 0. The predicted octanol–water partition coefficient (Wildman–Crippen LogP) is 7.83. The minimum Gasteiger partial charge on any atom is -0.208 e. The van der Waals surface area contributed by atoms with Gasteiger partial charge in [0, 0.05) is 32.7 Å². The van der Waals surface area contributed by atoms with E-state index in [2.05, 4.69) is 0 Å². The molecule has 20 nitrogen and oxygen atoms in total. The van der Waals surface area contributed by atoms with Gasteiger partial charge in [0.25, 0.3) is 0 Å². The maximum Gasteiger partial charge on any atom is 0.243 e. The fourth-order valence-corrected chi connectivity index (χ4v) is 18.4. The molecule has 482 valence electrons. The van der Waals surface area contributed by atoms with Crippen molar-refractivity contribution in [3.05, 3.63) is 179 Å². The average molecular weight is 1340 g/mol. The van der Waals surface area contributed by atoms with Gasteiger partial charge in [-0.1, -0.05) is 77.9 Å². The largest absolute Gasteiger partial charge is 0.243 e. The molecular weight excluding hydrogens is 1250 g/mol. The molecule has 0 aliphatic heterocycles. The molecule has 0 spiro atoms. The van der Waals surface area contributed by atoms with Crippen molar-refractivity contribution in [3.8, 4) is 0 Å². The van der Waals surface area contributed by atoms with Gasteiger partial charge in [0.2, 0.25) is 30.1 Å². The Morgan fingerprint density at radius 1 is 0.292 bits per heavy atom. The summed E-state index contributed by atoms with van der Waals surface area (Å²) in [6.45, 7) is 9.05. The van der Waals surface area contributed by atoms with Gasteiger partial charge in [0.1, 0.15) is 0 Å². The van der Waals surface area contributed by atoms with Gasteiger partial charge in [-0.05, 0) is 77.3 Å². The number of unbranched alkanes of at least 4 members (excludes halogenated alkanes) is 6. The van der Waals surface area contributed by atoms with Crippen LogP contribution in [0, 0.1) is 41.5 Å².